The highest BCUT2D eigenvalue weighted by molar-refractivity contribution is 6.29. The van der Waals surface area contributed by atoms with E-state index in [1.807, 2.05) is 24.3 Å². The predicted octanol–water partition coefficient (Wildman–Crippen LogP) is 2.18. The van der Waals surface area contributed by atoms with Gasteiger partial charge in [-0.05, 0) is 12.1 Å². The summed E-state index contributed by atoms with van der Waals surface area (Å²) in [6.45, 7) is 4.04. The maximum absolute atomic E-state index is 5.64. The molecular formula is C9H8ClN3. The van der Waals surface area contributed by atoms with Gasteiger partial charge in [0.1, 0.15) is 11.0 Å². The van der Waals surface area contributed by atoms with E-state index >= 15 is 0 Å². The summed E-state index contributed by atoms with van der Waals surface area (Å²) in [6, 6.07) is 7.68. The van der Waals surface area contributed by atoms with Crippen LogP contribution in [0.25, 0.3) is 11.0 Å². The Kier molecular flexibility index (Phi) is 2.02. The molecule has 0 aliphatic heterocycles. The lowest BCUT2D eigenvalue weighted by Crippen LogP contribution is -2.01. The molecule has 0 amide bonds. The van der Waals surface area contributed by atoms with Crippen LogP contribution in [0.5, 0.6) is 0 Å². The molecule has 0 bridgehead atoms. The van der Waals surface area contributed by atoms with Gasteiger partial charge in [-0.1, -0.05) is 30.3 Å². The van der Waals surface area contributed by atoms with Gasteiger partial charge in [-0.15, -0.1) is 0 Å². The van der Waals surface area contributed by atoms with Crippen LogP contribution in [0.4, 0.5) is 0 Å². The largest absolute Gasteiger partial charge is 0.178 e. The van der Waals surface area contributed by atoms with Crippen LogP contribution >= 0.6 is 11.6 Å². The minimum atomic E-state index is 0.455. The van der Waals surface area contributed by atoms with Crippen LogP contribution < -0.4 is 0 Å². The van der Waals surface area contributed by atoms with Crippen molar-refractivity contribution < 1.29 is 0 Å². The first kappa shape index (κ1) is 8.26. The Morgan fingerprint density at radius 2 is 1.85 bits per heavy atom. The van der Waals surface area contributed by atoms with Gasteiger partial charge in [0.05, 0.1) is 6.54 Å². The molecule has 0 spiro atoms. The number of benzene rings is 1. The first-order chi connectivity index (χ1) is 6.25. The summed E-state index contributed by atoms with van der Waals surface area (Å²) < 4.78 is 0. The lowest BCUT2D eigenvalue weighted by atomic mass is 10.3. The third-order valence-electron chi connectivity index (χ3n) is 1.64. The molecule has 0 saturated carbocycles. The monoisotopic (exact) mass is 193 g/mol. The van der Waals surface area contributed by atoms with E-state index in [2.05, 4.69) is 16.8 Å². The second kappa shape index (κ2) is 3.18. The fraction of sp³-hybridized carbons (Fsp3) is 0.111. The normalized spacial score (nSPS) is 10.5. The molecular weight excluding hydrogens is 186 g/mol. The fourth-order valence-electron chi connectivity index (χ4n) is 1.13. The van der Waals surface area contributed by atoms with E-state index in [-0.39, 0.29) is 0 Å². The molecule has 2 rings (SSSR count). The van der Waals surface area contributed by atoms with Gasteiger partial charge < -0.3 is 0 Å². The van der Waals surface area contributed by atoms with Gasteiger partial charge >= 0.3 is 0 Å². The Labute approximate surface area is 80.6 Å². The molecule has 2 aromatic rings. The van der Waals surface area contributed by atoms with Crippen LogP contribution in [0.3, 0.4) is 0 Å². The third-order valence-corrected chi connectivity index (χ3v) is 1.76. The van der Waals surface area contributed by atoms with E-state index in [4.69, 9.17) is 11.6 Å². The molecule has 1 heterocycles. The summed E-state index contributed by atoms with van der Waals surface area (Å²) in [5, 5.41) is 8.95. The highest BCUT2D eigenvalue weighted by Gasteiger charge is 2.00. The van der Waals surface area contributed by atoms with Gasteiger partial charge in [0.15, 0.2) is 0 Å². The maximum Gasteiger partial charge on any atom is 0.113 e. The Hall–Kier alpha value is -1.35. The van der Waals surface area contributed by atoms with Gasteiger partial charge in [0, 0.05) is 5.03 Å². The lowest BCUT2D eigenvalue weighted by molar-refractivity contribution is 0.607. The topological polar surface area (TPSA) is 30.7 Å². The van der Waals surface area contributed by atoms with Gasteiger partial charge in [0.25, 0.3) is 0 Å². The minimum Gasteiger partial charge on any atom is -0.178 e. The van der Waals surface area contributed by atoms with Gasteiger partial charge in [0.2, 0.25) is 0 Å². The fourth-order valence-corrected chi connectivity index (χ4v) is 1.24. The summed E-state index contributed by atoms with van der Waals surface area (Å²) in [7, 11) is 0. The van der Waals surface area contributed by atoms with Crippen molar-refractivity contribution in [3.8, 4) is 0 Å². The SMILES string of the molecule is C=C(Cl)Cn1nc2ccccc2n1. The number of nitrogens with zero attached hydrogens (tertiary/aromatic N) is 3. The molecule has 66 valence electrons. The summed E-state index contributed by atoms with van der Waals surface area (Å²) in [5.41, 5.74) is 1.75. The van der Waals surface area contributed by atoms with Crippen molar-refractivity contribution in [2.75, 3.05) is 0 Å². The molecule has 13 heavy (non-hydrogen) atoms. The Morgan fingerprint density at radius 3 is 2.31 bits per heavy atom. The number of fused-ring (bicyclic) bond motifs is 1. The van der Waals surface area contributed by atoms with Crippen LogP contribution in [-0.2, 0) is 6.54 Å². The van der Waals surface area contributed by atoms with E-state index in [0.717, 1.165) is 11.0 Å². The molecule has 0 aliphatic rings. The quantitative estimate of drug-likeness (QED) is 0.732. The molecule has 0 atom stereocenters. The Morgan fingerprint density at radius 1 is 1.31 bits per heavy atom. The first-order valence-electron chi connectivity index (χ1n) is 3.89. The van der Waals surface area contributed by atoms with Gasteiger partial charge in [-0.3, -0.25) is 0 Å². The average Bonchev–Trinajstić information content (AvgIpc) is 2.44. The van der Waals surface area contributed by atoms with E-state index in [1.54, 1.807) is 4.80 Å². The number of halogens is 1. The first-order valence-corrected chi connectivity index (χ1v) is 4.26. The van der Waals surface area contributed by atoms with Crippen molar-refractivity contribution in [2.24, 2.45) is 0 Å². The average molecular weight is 194 g/mol. The van der Waals surface area contributed by atoms with Crippen molar-refractivity contribution in [3.63, 3.8) is 0 Å². The van der Waals surface area contributed by atoms with Gasteiger partial charge in [-0.2, -0.15) is 15.0 Å². The molecule has 0 saturated heterocycles. The summed E-state index contributed by atoms with van der Waals surface area (Å²) in [4.78, 5) is 1.54. The summed E-state index contributed by atoms with van der Waals surface area (Å²) in [5.74, 6) is 0. The molecule has 0 unspecified atom stereocenters. The number of allylic oxidation sites excluding steroid dienone is 1. The van der Waals surface area contributed by atoms with Crippen molar-refractivity contribution >= 4 is 22.6 Å². The molecule has 0 aliphatic carbocycles. The van der Waals surface area contributed by atoms with Crippen LogP contribution in [0.15, 0.2) is 35.9 Å². The van der Waals surface area contributed by atoms with E-state index in [0.29, 0.717) is 11.6 Å². The van der Waals surface area contributed by atoms with Crippen LogP contribution in [-0.4, -0.2) is 15.0 Å². The van der Waals surface area contributed by atoms with Crippen LogP contribution in [0.2, 0.25) is 0 Å². The zero-order valence-electron chi connectivity index (χ0n) is 6.94. The summed E-state index contributed by atoms with van der Waals surface area (Å²) >= 11 is 5.64. The number of rotatable bonds is 2. The molecule has 0 radical (unpaired) electrons. The van der Waals surface area contributed by atoms with E-state index < -0.39 is 0 Å². The van der Waals surface area contributed by atoms with Crippen molar-refractivity contribution in [3.05, 3.63) is 35.9 Å². The van der Waals surface area contributed by atoms with E-state index in [1.165, 1.54) is 0 Å². The van der Waals surface area contributed by atoms with E-state index in [9.17, 15) is 0 Å². The van der Waals surface area contributed by atoms with Crippen LogP contribution in [0.1, 0.15) is 0 Å². The zero-order chi connectivity index (χ0) is 9.26. The molecule has 3 nitrogen and oxygen atoms in total. The summed E-state index contributed by atoms with van der Waals surface area (Å²) in [6.07, 6.45) is 0. The molecule has 1 aromatic carbocycles. The maximum atomic E-state index is 5.64. The minimum absolute atomic E-state index is 0.455. The smallest absolute Gasteiger partial charge is 0.113 e. The predicted molar refractivity (Wildman–Crippen MR) is 52.5 cm³/mol. The van der Waals surface area contributed by atoms with Crippen molar-refractivity contribution in [1.29, 1.82) is 0 Å². The highest BCUT2D eigenvalue weighted by Crippen LogP contribution is 2.08. The third kappa shape index (κ3) is 1.70. The number of aromatic nitrogens is 3. The molecule has 4 heteroatoms. The highest BCUT2D eigenvalue weighted by atomic mass is 35.5. The lowest BCUT2D eigenvalue weighted by Gasteiger charge is -1.93. The second-order valence-corrected chi connectivity index (χ2v) is 3.27. The Bertz CT molecular complexity index is 414. The number of hydrogen-bond acceptors (Lipinski definition) is 2. The molecule has 0 fully saturated rings. The second-order valence-electron chi connectivity index (χ2n) is 2.74. The van der Waals surface area contributed by atoms with Crippen molar-refractivity contribution in [2.45, 2.75) is 6.54 Å². The molecule has 1 aromatic heterocycles. The zero-order valence-corrected chi connectivity index (χ0v) is 7.70. The standard InChI is InChI=1S/C9H8ClN3/c1-7(10)6-13-11-8-4-2-3-5-9(8)12-13/h2-5H,1,6H2. The number of hydrogen-bond donors (Lipinski definition) is 0. The molecule has 0 N–H and O–H groups in total. The van der Waals surface area contributed by atoms with Crippen molar-refractivity contribution in [1.82, 2.24) is 15.0 Å². The van der Waals surface area contributed by atoms with Crippen LogP contribution in [0, 0.1) is 0 Å². The Balaban J connectivity index is 2.44. The van der Waals surface area contributed by atoms with Gasteiger partial charge in [-0.25, -0.2) is 0 Å².